The van der Waals surface area contributed by atoms with E-state index in [1.807, 2.05) is 0 Å². The van der Waals surface area contributed by atoms with Gasteiger partial charge in [-0.15, -0.1) is 11.3 Å². The summed E-state index contributed by atoms with van der Waals surface area (Å²) in [6, 6.07) is 0. The third kappa shape index (κ3) is 2.81. The second-order valence-corrected chi connectivity index (χ2v) is 7.45. The molecule has 1 aromatic rings. The third-order valence-electron chi connectivity index (χ3n) is 3.31. The normalized spacial score (nSPS) is 17.4. The molecule has 0 radical (unpaired) electrons. The van der Waals surface area contributed by atoms with Gasteiger partial charge >= 0.3 is 5.97 Å². The minimum Gasteiger partial charge on any atom is -0.477 e. The van der Waals surface area contributed by atoms with Crippen LogP contribution in [0.3, 0.4) is 0 Å². The number of nitrogens with one attached hydrogen (secondary N) is 1. The standard InChI is InChI=1S/C11H15NO5S2/c1-7-4-18-8(10(14)15)9(7)19(16,17)12-5-11(6-13)2-3-11/h4,12-13H,2-3,5-6H2,1H3,(H,14,15). The van der Waals surface area contributed by atoms with Crippen LogP contribution in [0.2, 0.25) is 0 Å². The Balaban J connectivity index is 2.24. The lowest BCUT2D eigenvalue weighted by molar-refractivity contribution is 0.0698. The molecule has 0 unspecified atom stereocenters. The van der Waals surface area contributed by atoms with Crippen LogP contribution in [0.1, 0.15) is 28.1 Å². The quantitative estimate of drug-likeness (QED) is 0.721. The highest BCUT2D eigenvalue weighted by molar-refractivity contribution is 7.89. The second-order valence-electron chi connectivity index (χ2n) is 4.86. The summed E-state index contributed by atoms with van der Waals surface area (Å²) in [5, 5.41) is 19.7. The van der Waals surface area contributed by atoms with Crippen molar-refractivity contribution in [3.63, 3.8) is 0 Å². The topological polar surface area (TPSA) is 104 Å². The molecular formula is C11H15NO5S2. The Morgan fingerprint density at radius 1 is 1.53 bits per heavy atom. The number of thiophene rings is 1. The molecule has 1 fully saturated rings. The van der Waals surface area contributed by atoms with Gasteiger partial charge in [0, 0.05) is 18.6 Å². The van der Waals surface area contributed by atoms with Gasteiger partial charge in [-0.3, -0.25) is 0 Å². The Morgan fingerprint density at radius 3 is 2.63 bits per heavy atom. The van der Waals surface area contributed by atoms with Crippen molar-refractivity contribution in [1.82, 2.24) is 4.72 Å². The zero-order chi connectivity index (χ0) is 14.3. The van der Waals surface area contributed by atoms with Crippen molar-refractivity contribution in [3.8, 4) is 0 Å². The molecule has 0 aromatic carbocycles. The molecule has 3 N–H and O–H groups in total. The lowest BCUT2D eigenvalue weighted by Crippen LogP contribution is -2.32. The van der Waals surface area contributed by atoms with Crippen molar-refractivity contribution in [1.29, 1.82) is 0 Å². The Morgan fingerprint density at radius 2 is 2.16 bits per heavy atom. The molecule has 0 bridgehead atoms. The number of hydrogen-bond donors (Lipinski definition) is 3. The maximum atomic E-state index is 12.2. The highest BCUT2D eigenvalue weighted by Gasteiger charge is 2.43. The van der Waals surface area contributed by atoms with Crippen LogP contribution in [-0.2, 0) is 10.0 Å². The summed E-state index contributed by atoms with van der Waals surface area (Å²) in [4.78, 5) is 10.7. The summed E-state index contributed by atoms with van der Waals surface area (Å²) >= 11 is 0.898. The van der Waals surface area contributed by atoms with E-state index >= 15 is 0 Å². The summed E-state index contributed by atoms with van der Waals surface area (Å²) in [6.45, 7) is 1.64. The Hall–Kier alpha value is -0.960. The van der Waals surface area contributed by atoms with E-state index in [0.29, 0.717) is 5.56 Å². The Labute approximate surface area is 115 Å². The van der Waals surface area contributed by atoms with E-state index in [1.54, 1.807) is 6.92 Å². The Bertz CT molecular complexity index is 601. The van der Waals surface area contributed by atoms with Crippen molar-refractivity contribution in [2.45, 2.75) is 24.7 Å². The maximum Gasteiger partial charge on any atom is 0.347 e. The molecule has 0 saturated heterocycles. The molecule has 1 aliphatic carbocycles. The predicted molar refractivity (Wildman–Crippen MR) is 70.0 cm³/mol. The van der Waals surface area contributed by atoms with Crippen molar-refractivity contribution in [3.05, 3.63) is 15.8 Å². The maximum absolute atomic E-state index is 12.2. The highest BCUT2D eigenvalue weighted by Crippen LogP contribution is 2.44. The fraction of sp³-hybridized carbons (Fsp3) is 0.545. The smallest absolute Gasteiger partial charge is 0.347 e. The zero-order valence-electron chi connectivity index (χ0n) is 10.3. The summed E-state index contributed by atoms with van der Waals surface area (Å²) in [5.41, 5.74) is 0.0594. The first kappa shape index (κ1) is 14.4. The molecule has 2 rings (SSSR count). The minimum absolute atomic E-state index is 0.0655. The van der Waals surface area contributed by atoms with Crippen molar-refractivity contribution in [2.24, 2.45) is 5.41 Å². The lowest BCUT2D eigenvalue weighted by atomic mass is 10.1. The first-order valence-corrected chi connectivity index (χ1v) is 8.09. The van der Waals surface area contributed by atoms with E-state index < -0.39 is 16.0 Å². The molecule has 6 nitrogen and oxygen atoms in total. The predicted octanol–water partition coefficient (Wildman–Crippen LogP) is 0.806. The molecule has 1 saturated carbocycles. The summed E-state index contributed by atoms with van der Waals surface area (Å²) in [5.74, 6) is -1.25. The van der Waals surface area contributed by atoms with Crippen LogP contribution in [0, 0.1) is 12.3 Å². The number of sulfonamides is 1. The Kier molecular flexibility index (Phi) is 3.69. The van der Waals surface area contributed by atoms with Crippen LogP contribution in [0.15, 0.2) is 10.3 Å². The average Bonchev–Trinajstić information content (AvgIpc) is 3.02. The second kappa shape index (κ2) is 4.86. The van der Waals surface area contributed by atoms with Gasteiger partial charge in [0.25, 0.3) is 0 Å². The molecule has 0 spiro atoms. The SMILES string of the molecule is Cc1csc(C(=O)O)c1S(=O)(=O)NCC1(CO)CC1. The number of carboxylic acids is 1. The third-order valence-corrected chi connectivity index (χ3v) is 6.11. The van der Waals surface area contributed by atoms with Gasteiger partial charge in [-0.25, -0.2) is 17.9 Å². The number of carbonyl (C=O) groups is 1. The molecule has 8 heteroatoms. The van der Waals surface area contributed by atoms with Gasteiger partial charge in [0.05, 0.1) is 0 Å². The molecule has 0 amide bonds. The number of rotatable bonds is 6. The summed E-state index contributed by atoms with van der Waals surface area (Å²) in [6.07, 6.45) is 1.56. The fourth-order valence-electron chi connectivity index (χ4n) is 1.80. The zero-order valence-corrected chi connectivity index (χ0v) is 12.0. The molecule has 106 valence electrons. The average molecular weight is 305 g/mol. The number of aryl methyl sites for hydroxylation is 1. The van der Waals surface area contributed by atoms with E-state index in [4.69, 9.17) is 10.2 Å². The van der Waals surface area contributed by atoms with Gasteiger partial charge < -0.3 is 10.2 Å². The van der Waals surface area contributed by atoms with Crippen molar-refractivity contribution in [2.75, 3.05) is 13.2 Å². The minimum atomic E-state index is -3.86. The van der Waals surface area contributed by atoms with E-state index in [-0.39, 0.29) is 28.3 Å². The van der Waals surface area contributed by atoms with Crippen LogP contribution >= 0.6 is 11.3 Å². The van der Waals surface area contributed by atoms with Crippen LogP contribution < -0.4 is 4.72 Å². The summed E-state index contributed by atoms with van der Waals surface area (Å²) in [7, 11) is -3.86. The van der Waals surface area contributed by atoms with Gasteiger partial charge in [-0.1, -0.05) is 0 Å². The molecular weight excluding hydrogens is 290 g/mol. The van der Waals surface area contributed by atoms with Crippen LogP contribution in [0.25, 0.3) is 0 Å². The van der Waals surface area contributed by atoms with E-state index in [2.05, 4.69) is 4.72 Å². The largest absolute Gasteiger partial charge is 0.477 e. The van der Waals surface area contributed by atoms with Gasteiger partial charge in [-0.05, 0) is 30.7 Å². The van der Waals surface area contributed by atoms with Gasteiger partial charge in [0.15, 0.2) is 0 Å². The number of carboxylic acid groups (broad SMARTS) is 1. The van der Waals surface area contributed by atoms with E-state index in [0.717, 1.165) is 24.2 Å². The molecule has 1 aliphatic rings. The van der Waals surface area contributed by atoms with E-state index in [9.17, 15) is 13.2 Å². The van der Waals surface area contributed by atoms with Crippen molar-refractivity contribution < 1.29 is 23.4 Å². The first-order chi connectivity index (χ1) is 8.81. The number of aromatic carboxylic acids is 1. The van der Waals surface area contributed by atoms with Crippen LogP contribution in [-0.4, -0.2) is 37.8 Å². The van der Waals surface area contributed by atoms with Crippen LogP contribution in [0.4, 0.5) is 0 Å². The first-order valence-electron chi connectivity index (χ1n) is 5.73. The van der Waals surface area contributed by atoms with Gasteiger partial charge in [-0.2, -0.15) is 0 Å². The fourth-order valence-corrected chi connectivity index (χ4v) is 4.59. The number of aliphatic hydroxyl groups excluding tert-OH is 1. The molecule has 0 atom stereocenters. The highest BCUT2D eigenvalue weighted by atomic mass is 32.2. The number of hydrogen-bond acceptors (Lipinski definition) is 5. The molecule has 19 heavy (non-hydrogen) atoms. The van der Waals surface area contributed by atoms with Crippen molar-refractivity contribution >= 4 is 27.3 Å². The van der Waals surface area contributed by atoms with Gasteiger partial charge in [0.2, 0.25) is 10.0 Å². The van der Waals surface area contributed by atoms with Gasteiger partial charge in [0.1, 0.15) is 9.77 Å². The van der Waals surface area contributed by atoms with E-state index in [1.165, 1.54) is 5.38 Å². The molecule has 1 aromatic heterocycles. The van der Waals surface area contributed by atoms with Crippen LogP contribution in [0.5, 0.6) is 0 Å². The molecule has 0 aliphatic heterocycles. The lowest BCUT2D eigenvalue weighted by Gasteiger charge is -2.13. The summed E-state index contributed by atoms with van der Waals surface area (Å²) < 4.78 is 26.8. The monoisotopic (exact) mass is 305 g/mol. The number of aliphatic hydroxyl groups is 1. The molecule has 1 heterocycles.